The molecular formula is C30H27Cl2N5S. The summed E-state index contributed by atoms with van der Waals surface area (Å²) in [6.45, 7) is 3.58. The van der Waals surface area contributed by atoms with E-state index in [0.29, 0.717) is 16.6 Å². The zero-order valence-electron chi connectivity index (χ0n) is 21.0. The molecule has 0 aliphatic carbocycles. The van der Waals surface area contributed by atoms with Crippen LogP contribution in [0.1, 0.15) is 35.5 Å². The van der Waals surface area contributed by atoms with Crippen molar-refractivity contribution >= 4 is 57.4 Å². The fraction of sp³-hybridized carbons (Fsp3) is 0.200. The molecule has 0 fully saturated rings. The Hall–Kier alpha value is -3.32. The molecule has 8 heteroatoms. The average Bonchev–Trinajstić information content (AvgIpc) is 3.32. The minimum absolute atomic E-state index is 0.594. The van der Waals surface area contributed by atoms with E-state index in [1.54, 1.807) is 0 Å². The van der Waals surface area contributed by atoms with Gasteiger partial charge in [-0.2, -0.15) is 5.10 Å². The number of benzene rings is 3. The number of anilines is 2. The molecule has 0 atom stereocenters. The van der Waals surface area contributed by atoms with Gasteiger partial charge in [0.05, 0.1) is 6.54 Å². The van der Waals surface area contributed by atoms with Crippen molar-refractivity contribution in [1.29, 1.82) is 0 Å². The maximum Gasteiger partial charge on any atom is 0.150 e. The summed E-state index contributed by atoms with van der Waals surface area (Å²) >= 11 is 18.4. The molecule has 192 valence electrons. The van der Waals surface area contributed by atoms with Crippen LogP contribution in [0.4, 0.5) is 11.4 Å². The minimum Gasteiger partial charge on any atom is -0.378 e. The van der Waals surface area contributed by atoms with Crippen LogP contribution in [0.25, 0.3) is 16.8 Å². The number of thiocarbonyl (C=S) groups is 1. The molecule has 0 radical (unpaired) electrons. The van der Waals surface area contributed by atoms with Crippen molar-refractivity contribution in [3.05, 3.63) is 105 Å². The quantitative estimate of drug-likeness (QED) is 0.206. The fourth-order valence-corrected chi connectivity index (χ4v) is 5.71. The minimum atomic E-state index is 0.594. The van der Waals surface area contributed by atoms with Gasteiger partial charge in [0.2, 0.25) is 0 Å². The molecule has 0 saturated heterocycles. The maximum absolute atomic E-state index is 6.26. The van der Waals surface area contributed by atoms with E-state index in [-0.39, 0.29) is 0 Å². The van der Waals surface area contributed by atoms with Crippen molar-refractivity contribution in [1.82, 2.24) is 14.2 Å². The number of aromatic nitrogens is 3. The lowest BCUT2D eigenvalue weighted by molar-refractivity contribution is 0.619. The van der Waals surface area contributed by atoms with E-state index in [0.717, 1.165) is 70.5 Å². The molecule has 0 saturated carbocycles. The zero-order chi connectivity index (χ0) is 26.2. The van der Waals surface area contributed by atoms with E-state index in [2.05, 4.69) is 58.5 Å². The molecule has 6 rings (SSSR count). The summed E-state index contributed by atoms with van der Waals surface area (Å²) in [7, 11) is 0. The third-order valence-corrected chi connectivity index (χ3v) is 7.81. The molecular weight excluding hydrogens is 533 g/mol. The highest BCUT2D eigenvalue weighted by Crippen LogP contribution is 2.37. The summed E-state index contributed by atoms with van der Waals surface area (Å²) in [5, 5.41) is 13.5. The predicted molar refractivity (Wildman–Crippen MR) is 162 cm³/mol. The van der Waals surface area contributed by atoms with Crippen LogP contribution in [-0.4, -0.2) is 19.2 Å². The average molecular weight is 561 g/mol. The Kier molecular flexibility index (Phi) is 6.87. The van der Waals surface area contributed by atoms with Gasteiger partial charge in [-0.15, -0.1) is 0 Å². The number of hydrogen-bond donors (Lipinski definition) is 2. The van der Waals surface area contributed by atoms with E-state index in [4.69, 9.17) is 40.5 Å². The van der Waals surface area contributed by atoms with E-state index in [1.165, 1.54) is 11.1 Å². The van der Waals surface area contributed by atoms with Gasteiger partial charge >= 0.3 is 0 Å². The number of nitrogens with zero attached hydrogens (tertiary/aromatic N) is 3. The normalized spacial score (nSPS) is 12.9. The van der Waals surface area contributed by atoms with E-state index < -0.39 is 0 Å². The van der Waals surface area contributed by atoms with Gasteiger partial charge in [0, 0.05) is 39.1 Å². The Morgan fingerprint density at radius 2 is 1.55 bits per heavy atom. The number of rotatable bonds is 6. The molecule has 1 aliphatic rings. The molecule has 0 bridgehead atoms. The van der Waals surface area contributed by atoms with Crippen molar-refractivity contribution in [2.75, 3.05) is 10.6 Å². The number of halogens is 2. The van der Waals surface area contributed by atoms with Crippen molar-refractivity contribution in [2.24, 2.45) is 0 Å². The van der Waals surface area contributed by atoms with Crippen molar-refractivity contribution in [3.8, 4) is 11.1 Å². The topological polar surface area (TPSA) is 46.3 Å². The Morgan fingerprint density at radius 1 is 0.895 bits per heavy atom. The Labute approximate surface area is 237 Å². The first kappa shape index (κ1) is 25.0. The molecule has 38 heavy (non-hydrogen) atoms. The van der Waals surface area contributed by atoms with Crippen LogP contribution < -0.4 is 10.6 Å². The first-order chi connectivity index (χ1) is 18.5. The van der Waals surface area contributed by atoms with E-state index >= 15 is 0 Å². The van der Waals surface area contributed by atoms with E-state index in [1.807, 2.05) is 40.9 Å². The summed E-state index contributed by atoms with van der Waals surface area (Å²) in [5.74, 6) is 0.972. The van der Waals surface area contributed by atoms with Crippen molar-refractivity contribution in [3.63, 3.8) is 0 Å². The van der Waals surface area contributed by atoms with Crippen LogP contribution in [0.3, 0.4) is 0 Å². The summed E-state index contributed by atoms with van der Waals surface area (Å²) in [5.41, 5.74) is 8.67. The van der Waals surface area contributed by atoms with Gasteiger partial charge in [0.1, 0.15) is 16.3 Å². The van der Waals surface area contributed by atoms with Crippen LogP contribution in [0, 0.1) is 6.92 Å². The maximum atomic E-state index is 6.26. The Morgan fingerprint density at radius 3 is 2.26 bits per heavy atom. The lowest BCUT2D eigenvalue weighted by Gasteiger charge is -2.12. The first-order valence-corrected chi connectivity index (χ1v) is 13.9. The summed E-state index contributed by atoms with van der Waals surface area (Å²) in [6, 6.07) is 24.0. The highest BCUT2D eigenvalue weighted by Gasteiger charge is 2.29. The van der Waals surface area contributed by atoms with Crippen molar-refractivity contribution < 1.29 is 0 Å². The van der Waals surface area contributed by atoms with Gasteiger partial charge in [0.15, 0.2) is 5.82 Å². The lowest BCUT2D eigenvalue weighted by Crippen LogP contribution is -2.15. The predicted octanol–water partition coefficient (Wildman–Crippen LogP) is 8.15. The van der Waals surface area contributed by atoms with Gasteiger partial charge in [-0.1, -0.05) is 65.2 Å². The van der Waals surface area contributed by atoms with Gasteiger partial charge in [-0.25, -0.2) is 4.52 Å². The fourth-order valence-electron chi connectivity index (χ4n) is 5.15. The van der Waals surface area contributed by atoms with Gasteiger partial charge < -0.3 is 15.2 Å². The Bertz CT molecular complexity index is 1620. The second kappa shape index (κ2) is 10.4. The second-order valence-electron chi connectivity index (χ2n) is 9.65. The third-order valence-electron chi connectivity index (χ3n) is 7.01. The molecule has 0 unspecified atom stereocenters. The number of nitrogens with one attached hydrogen (secondary N) is 2. The molecule has 0 spiro atoms. The van der Waals surface area contributed by atoms with Crippen LogP contribution in [-0.2, 0) is 19.5 Å². The van der Waals surface area contributed by atoms with Crippen LogP contribution in [0.2, 0.25) is 10.0 Å². The van der Waals surface area contributed by atoms with E-state index in [9.17, 15) is 0 Å². The Balaban J connectivity index is 1.48. The standard InChI is InChI=1S/C30H27Cl2N5S/c1-19-5-13-24(14-6-19)34-29(38)28-27(20-7-9-21(31)10-8-20)25-4-2-3-17-36-26(35-37(28)30(25)36)18-33-23-15-11-22(32)12-16-23/h5-16,33H,2-4,17-18H2,1H3,(H,34,38). The molecule has 5 nitrogen and oxygen atoms in total. The van der Waals surface area contributed by atoms with Gasteiger partial charge in [0.25, 0.3) is 0 Å². The summed E-state index contributed by atoms with van der Waals surface area (Å²) < 4.78 is 4.40. The number of aryl methyl sites for hydroxylation is 3. The SMILES string of the molecule is Cc1ccc(NC(=S)c2c(-c3ccc(Cl)cc3)c3c4n(c(CNc5ccc(Cl)cc5)nn24)CCCC3)cc1. The molecule has 2 N–H and O–H groups in total. The highest BCUT2D eigenvalue weighted by molar-refractivity contribution is 7.81. The third kappa shape index (κ3) is 4.80. The smallest absolute Gasteiger partial charge is 0.150 e. The zero-order valence-corrected chi connectivity index (χ0v) is 23.3. The molecule has 0 amide bonds. The first-order valence-electron chi connectivity index (χ1n) is 12.7. The monoisotopic (exact) mass is 559 g/mol. The second-order valence-corrected chi connectivity index (χ2v) is 10.9. The summed E-state index contributed by atoms with van der Waals surface area (Å²) in [6.07, 6.45) is 3.16. The molecule has 3 aromatic carbocycles. The highest BCUT2D eigenvalue weighted by atomic mass is 35.5. The molecule has 3 heterocycles. The largest absolute Gasteiger partial charge is 0.378 e. The molecule has 2 aromatic heterocycles. The van der Waals surface area contributed by atoms with Crippen LogP contribution in [0.5, 0.6) is 0 Å². The molecule has 5 aromatic rings. The van der Waals surface area contributed by atoms with Gasteiger partial charge in [-0.3, -0.25) is 0 Å². The summed E-state index contributed by atoms with van der Waals surface area (Å²) in [4.78, 5) is 0.641. The van der Waals surface area contributed by atoms with Crippen LogP contribution in [0.15, 0.2) is 72.8 Å². The van der Waals surface area contributed by atoms with Gasteiger partial charge in [-0.05, 0) is 80.3 Å². The van der Waals surface area contributed by atoms with Crippen LogP contribution >= 0.6 is 35.4 Å². The number of hydrogen-bond acceptors (Lipinski definition) is 3. The van der Waals surface area contributed by atoms with Crippen molar-refractivity contribution in [2.45, 2.75) is 39.3 Å². The molecule has 1 aliphatic heterocycles. The lowest BCUT2D eigenvalue weighted by atomic mass is 9.98.